The lowest BCUT2D eigenvalue weighted by Crippen LogP contribution is -2.42. The fraction of sp³-hybridized carbons (Fsp3) is 0.200. The topological polar surface area (TPSA) is 78.6 Å². The van der Waals surface area contributed by atoms with Gasteiger partial charge in [-0.05, 0) is 41.8 Å². The monoisotopic (exact) mass is 445 g/mol. The minimum Gasteiger partial charge on any atom is -0.475 e. The maximum absolute atomic E-state index is 13.4. The zero-order valence-corrected chi connectivity index (χ0v) is 15.4. The van der Waals surface area contributed by atoms with Crippen LogP contribution in [-0.4, -0.2) is 30.4 Å². The third kappa shape index (κ3) is 5.16. The van der Waals surface area contributed by atoms with Crippen molar-refractivity contribution in [2.75, 3.05) is 5.73 Å². The van der Waals surface area contributed by atoms with Crippen molar-refractivity contribution in [3.8, 4) is 5.75 Å². The van der Waals surface area contributed by atoms with Crippen LogP contribution in [0.2, 0.25) is 0 Å². The van der Waals surface area contributed by atoms with E-state index in [1.807, 2.05) is 0 Å². The van der Waals surface area contributed by atoms with Gasteiger partial charge >= 0.3 is 24.3 Å². The summed E-state index contributed by atoms with van der Waals surface area (Å²) in [6.07, 6.45) is -12.6. The molecule has 0 bridgehead atoms. The third-order valence-corrected chi connectivity index (χ3v) is 4.25. The molecule has 31 heavy (non-hydrogen) atoms. The minimum atomic E-state index is -5.55. The van der Waals surface area contributed by atoms with Crippen molar-refractivity contribution in [2.45, 2.75) is 24.9 Å². The Balaban J connectivity index is 1.91. The molecule has 2 aromatic carbocycles. The summed E-state index contributed by atoms with van der Waals surface area (Å²) >= 11 is 0. The first-order chi connectivity index (χ1) is 14.3. The third-order valence-electron chi connectivity index (χ3n) is 4.25. The number of ether oxygens (including phenoxy) is 2. The van der Waals surface area contributed by atoms with Crippen LogP contribution in [0.5, 0.6) is 5.75 Å². The molecule has 1 heterocycles. The molecule has 0 saturated carbocycles. The summed E-state index contributed by atoms with van der Waals surface area (Å²) in [7, 11) is 0. The van der Waals surface area contributed by atoms with Gasteiger partial charge < -0.3 is 15.2 Å². The number of nitrogen functional groups attached to an aromatic ring is 1. The van der Waals surface area contributed by atoms with Crippen LogP contribution in [-0.2, 0) is 20.7 Å². The highest BCUT2D eigenvalue weighted by atomic mass is 19.4. The summed E-state index contributed by atoms with van der Waals surface area (Å²) in [4.78, 5) is 22.7. The van der Waals surface area contributed by atoms with Gasteiger partial charge in [-0.1, -0.05) is 24.3 Å². The number of nitrogens with two attached hydrogens (primary N) is 1. The fourth-order valence-corrected chi connectivity index (χ4v) is 2.82. The maximum atomic E-state index is 13.4. The van der Waals surface area contributed by atoms with E-state index in [2.05, 4.69) is 4.74 Å². The Morgan fingerprint density at radius 1 is 0.968 bits per heavy atom. The average molecular weight is 445 g/mol. The van der Waals surface area contributed by atoms with Crippen molar-refractivity contribution in [1.29, 1.82) is 0 Å². The van der Waals surface area contributed by atoms with E-state index >= 15 is 0 Å². The number of halogens is 6. The van der Waals surface area contributed by atoms with E-state index in [1.54, 1.807) is 30.3 Å². The molecule has 0 amide bonds. The summed E-state index contributed by atoms with van der Waals surface area (Å²) in [6, 6.07) is 11.0. The fourth-order valence-electron chi connectivity index (χ4n) is 2.82. The molecular formula is C20H13F6NO4. The molecule has 2 N–H and O–H groups in total. The zero-order valence-electron chi connectivity index (χ0n) is 15.4. The van der Waals surface area contributed by atoms with Gasteiger partial charge in [0.1, 0.15) is 5.75 Å². The van der Waals surface area contributed by atoms with Gasteiger partial charge in [-0.25, -0.2) is 9.59 Å². The van der Waals surface area contributed by atoms with Crippen LogP contribution in [0.3, 0.4) is 0 Å². The number of carbonyl (C=O) groups excluding carboxylic acids is 2. The van der Waals surface area contributed by atoms with Gasteiger partial charge in [-0.15, -0.1) is 0 Å². The average Bonchev–Trinajstić information content (AvgIpc) is 2.67. The second-order valence-corrected chi connectivity index (χ2v) is 6.60. The summed E-state index contributed by atoms with van der Waals surface area (Å²) in [5.41, 5.74) is 6.28. The van der Waals surface area contributed by atoms with Gasteiger partial charge in [-0.2, -0.15) is 26.3 Å². The maximum Gasteiger partial charge on any atom is 0.491 e. The van der Waals surface area contributed by atoms with Crippen molar-refractivity contribution < 1.29 is 45.4 Å². The van der Waals surface area contributed by atoms with E-state index in [0.29, 0.717) is 23.7 Å². The molecule has 0 radical (unpaired) electrons. The lowest BCUT2D eigenvalue weighted by atomic mass is 9.97. The normalized spacial score (nSPS) is 16.1. The number of esters is 2. The number of alkyl halides is 6. The van der Waals surface area contributed by atoms with Crippen LogP contribution in [0.1, 0.15) is 16.7 Å². The summed E-state index contributed by atoms with van der Waals surface area (Å²) in [6.45, 7) is 0. The highest BCUT2D eigenvalue weighted by molar-refractivity contribution is 6.02. The Hall–Kier alpha value is -3.50. The Bertz CT molecular complexity index is 1040. The van der Waals surface area contributed by atoms with E-state index in [1.165, 1.54) is 12.1 Å². The molecular weight excluding hydrogens is 432 g/mol. The zero-order chi connectivity index (χ0) is 23.0. The molecule has 2 aromatic rings. The van der Waals surface area contributed by atoms with Gasteiger partial charge in [0.05, 0.1) is 5.57 Å². The molecule has 1 atom stereocenters. The van der Waals surface area contributed by atoms with Crippen LogP contribution < -0.4 is 10.5 Å². The van der Waals surface area contributed by atoms with Gasteiger partial charge in [-0.3, -0.25) is 0 Å². The standard InChI is InChI=1S/C20H13F6NO4/c21-19(22,23)16-14(17(28)31-18(29)20(24,25)26)9-12-4-1-11(8-15(12)30-16)7-10-2-5-13(27)6-3-10/h1-6,8-9,16H,7,27H2. The van der Waals surface area contributed by atoms with E-state index in [0.717, 1.165) is 5.56 Å². The molecule has 164 valence electrons. The first-order valence-electron chi connectivity index (χ1n) is 8.60. The molecule has 0 aromatic heterocycles. The quantitative estimate of drug-likeness (QED) is 0.332. The van der Waals surface area contributed by atoms with Crippen LogP contribution in [0.25, 0.3) is 6.08 Å². The minimum absolute atomic E-state index is 0.00737. The number of hydrogen-bond donors (Lipinski definition) is 1. The van der Waals surface area contributed by atoms with Gasteiger partial charge in [0.25, 0.3) is 0 Å². The summed E-state index contributed by atoms with van der Waals surface area (Å²) in [5, 5.41) is 0. The van der Waals surface area contributed by atoms with E-state index < -0.39 is 36.0 Å². The van der Waals surface area contributed by atoms with Gasteiger partial charge in [0.2, 0.25) is 6.10 Å². The number of rotatable bonds is 3. The molecule has 0 fully saturated rings. The highest BCUT2D eigenvalue weighted by Gasteiger charge is 2.50. The molecule has 1 aliphatic rings. The number of fused-ring (bicyclic) bond motifs is 1. The molecule has 1 aliphatic heterocycles. The second-order valence-electron chi connectivity index (χ2n) is 6.60. The van der Waals surface area contributed by atoms with E-state index in [4.69, 9.17) is 10.5 Å². The molecule has 0 aliphatic carbocycles. The molecule has 0 spiro atoms. The summed E-state index contributed by atoms with van der Waals surface area (Å²) in [5.74, 6) is -5.25. The molecule has 1 unspecified atom stereocenters. The van der Waals surface area contributed by atoms with Crippen molar-refractivity contribution in [1.82, 2.24) is 0 Å². The van der Waals surface area contributed by atoms with Crippen LogP contribution in [0, 0.1) is 0 Å². The smallest absolute Gasteiger partial charge is 0.475 e. The Labute approximate surface area is 171 Å². The van der Waals surface area contributed by atoms with Crippen molar-refractivity contribution >= 4 is 23.7 Å². The Kier molecular flexibility index (Phi) is 5.70. The predicted molar refractivity (Wildman–Crippen MR) is 95.7 cm³/mol. The Morgan fingerprint density at radius 2 is 1.58 bits per heavy atom. The molecule has 3 rings (SSSR count). The lowest BCUT2D eigenvalue weighted by molar-refractivity contribution is -0.204. The lowest BCUT2D eigenvalue weighted by Gasteiger charge is -2.28. The van der Waals surface area contributed by atoms with Crippen molar-refractivity contribution in [2.24, 2.45) is 0 Å². The van der Waals surface area contributed by atoms with E-state index in [9.17, 15) is 35.9 Å². The second kappa shape index (κ2) is 7.97. The first-order valence-corrected chi connectivity index (χ1v) is 8.60. The van der Waals surface area contributed by atoms with Crippen molar-refractivity contribution in [3.63, 3.8) is 0 Å². The van der Waals surface area contributed by atoms with Crippen LogP contribution in [0.15, 0.2) is 48.0 Å². The molecule has 11 heteroatoms. The van der Waals surface area contributed by atoms with E-state index in [-0.39, 0.29) is 11.3 Å². The number of carbonyl (C=O) groups is 2. The summed E-state index contributed by atoms with van der Waals surface area (Å²) < 4.78 is 85.5. The van der Waals surface area contributed by atoms with Crippen molar-refractivity contribution in [3.05, 3.63) is 64.7 Å². The Morgan fingerprint density at radius 3 is 2.16 bits per heavy atom. The molecule has 0 saturated heterocycles. The predicted octanol–water partition coefficient (Wildman–Crippen LogP) is 4.20. The number of benzene rings is 2. The van der Waals surface area contributed by atoms with Crippen LogP contribution in [0.4, 0.5) is 32.0 Å². The number of anilines is 1. The van der Waals surface area contributed by atoms with Crippen LogP contribution >= 0.6 is 0 Å². The number of hydrogen-bond acceptors (Lipinski definition) is 5. The van der Waals surface area contributed by atoms with Gasteiger partial charge in [0, 0.05) is 11.3 Å². The highest BCUT2D eigenvalue weighted by Crippen LogP contribution is 2.38. The first kappa shape index (κ1) is 22.2. The molecule has 5 nitrogen and oxygen atoms in total. The SMILES string of the molecule is Nc1ccc(Cc2ccc3c(c2)OC(C(F)(F)F)C(C(=O)OC(=O)C(F)(F)F)=C3)cc1. The van der Waals surface area contributed by atoms with Gasteiger partial charge in [0.15, 0.2) is 0 Å². The largest absolute Gasteiger partial charge is 0.491 e.